The molecule has 2 aliphatic heterocycles. The van der Waals surface area contributed by atoms with Crippen LogP contribution in [0.3, 0.4) is 0 Å². The molecule has 4 aliphatic rings. The van der Waals surface area contributed by atoms with E-state index in [4.69, 9.17) is 16.3 Å². The van der Waals surface area contributed by atoms with Gasteiger partial charge >= 0.3 is 0 Å². The molecule has 1 spiro atoms. The van der Waals surface area contributed by atoms with Crippen LogP contribution in [0.25, 0.3) is 0 Å². The topological polar surface area (TPSA) is 170 Å². The fourth-order valence-corrected chi connectivity index (χ4v) is 7.49. The lowest BCUT2D eigenvalue weighted by atomic mass is 9.66. The largest absolute Gasteiger partial charge is 0.507 e. The zero-order chi connectivity index (χ0) is 37.7. The highest BCUT2D eigenvalue weighted by Crippen LogP contribution is 2.56. The van der Waals surface area contributed by atoms with Crippen molar-refractivity contribution in [3.05, 3.63) is 98.8 Å². The number of hydrogen-bond acceptors (Lipinski definition) is 9. The highest BCUT2D eigenvalue weighted by atomic mass is 35.5. The number of phenolic OH excluding ortho intramolecular Hbond substituents is 1. The molecule has 1 fully saturated rings. The maximum absolute atomic E-state index is 14.3. The van der Waals surface area contributed by atoms with Crippen LogP contribution in [0.1, 0.15) is 86.2 Å². The third-order valence-electron chi connectivity index (χ3n) is 10.6. The van der Waals surface area contributed by atoms with Crippen molar-refractivity contribution >= 4 is 34.9 Å². The molecule has 0 radical (unpaired) electrons. The quantitative estimate of drug-likeness (QED) is 0.227. The van der Waals surface area contributed by atoms with Crippen molar-refractivity contribution in [3.63, 3.8) is 0 Å². The lowest BCUT2D eigenvalue weighted by molar-refractivity contribution is -0.179. The Morgan fingerprint density at radius 2 is 1.53 bits per heavy atom. The summed E-state index contributed by atoms with van der Waals surface area (Å²) in [7, 11) is 0. The van der Waals surface area contributed by atoms with Gasteiger partial charge in [0.05, 0.1) is 29.6 Å². The molecule has 2 heterocycles. The van der Waals surface area contributed by atoms with Crippen molar-refractivity contribution in [3.8, 4) is 5.75 Å². The number of aliphatic hydroxyl groups is 3. The lowest BCUT2D eigenvalue weighted by Gasteiger charge is -2.54. The number of aromatic hydroxyl groups is 1. The van der Waals surface area contributed by atoms with E-state index in [1.165, 1.54) is 13.0 Å². The Morgan fingerprint density at radius 1 is 0.863 bits per heavy atom. The van der Waals surface area contributed by atoms with E-state index in [9.17, 15) is 39.6 Å². The Labute approximate surface area is 302 Å². The van der Waals surface area contributed by atoms with Gasteiger partial charge in [0.25, 0.3) is 5.91 Å². The SMILES string of the molecule is C/C1=C/[C@H](C)[C@@H](O)[C@@H](C)/C=C/[C@@H](O)C/C=C(\C)C(=O)C[C@H](O)[C@H](C)/C=C/[C@@H]2C=C[C@]3(C)O[C@@]24C(=C(Cl)C(=O)c2c4cc(C)c(O)c2C1=O)NC3=O. The smallest absolute Gasteiger partial charge is 0.260 e. The van der Waals surface area contributed by atoms with Crippen LogP contribution in [0, 0.1) is 30.6 Å². The maximum Gasteiger partial charge on any atom is 0.260 e. The average molecular weight is 720 g/mol. The maximum atomic E-state index is 14.3. The third-order valence-corrected chi connectivity index (χ3v) is 11.0. The monoisotopic (exact) mass is 719 g/mol. The molecular formula is C40H46ClNO9. The van der Waals surface area contributed by atoms with Crippen LogP contribution in [0.5, 0.6) is 5.75 Å². The molecule has 0 unspecified atom stereocenters. The normalized spacial score (nSPS) is 38.3. The number of nitrogens with one attached hydrogen (secondary N) is 1. The van der Waals surface area contributed by atoms with Gasteiger partial charge in [-0.3, -0.25) is 19.2 Å². The number of carbonyl (C=O) groups is 4. The van der Waals surface area contributed by atoms with Crippen molar-refractivity contribution in [1.82, 2.24) is 5.32 Å². The molecule has 5 bridgehead atoms. The van der Waals surface area contributed by atoms with Gasteiger partial charge in [-0.05, 0) is 63.0 Å². The minimum absolute atomic E-state index is 0.00506. The minimum atomic E-state index is -1.64. The summed E-state index contributed by atoms with van der Waals surface area (Å²) in [6, 6.07) is 1.56. The van der Waals surface area contributed by atoms with Crippen molar-refractivity contribution < 1.29 is 44.3 Å². The highest BCUT2D eigenvalue weighted by Gasteiger charge is 2.61. The second-order valence-corrected chi connectivity index (χ2v) is 14.9. The number of carbonyl (C=O) groups excluding carboxylic acids is 4. The van der Waals surface area contributed by atoms with E-state index in [0.717, 1.165) is 0 Å². The van der Waals surface area contributed by atoms with Crippen LogP contribution < -0.4 is 5.32 Å². The number of halogens is 1. The van der Waals surface area contributed by atoms with Crippen LogP contribution in [-0.4, -0.2) is 67.6 Å². The molecule has 1 amide bonds. The van der Waals surface area contributed by atoms with E-state index < -0.39 is 76.4 Å². The number of amides is 1. The molecule has 1 saturated heterocycles. The Balaban J connectivity index is 1.74. The number of aliphatic hydroxyl groups excluding tert-OH is 3. The molecule has 10 nitrogen and oxygen atoms in total. The fourth-order valence-electron chi connectivity index (χ4n) is 7.21. The number of benzene rings is 1. The number of ketones is 3. The average Bonchev–Trinajstić information content (AvgIpc) is 3.08. The van der Waals surface area contributed by atoms with Crippen LogP contribution in [0.4, 0.5) is 0 Å². The number of fused-ring (bicyclic) bond motifs is 1. The van der Waals surface area contributed by atoms with Gasteiger partial charge in [0.2, 0.25) is 5.78 Å². The molecule has 5 N–H and O–H groups in total. The van der Waals surface area contributed by atoms with Crippen molar-refractivity contribution in [1.29, 1.82) is 0 Å². The van der Waals surface area contributed by atoms with Gasteiger partial charge in [-0.15, -0.1) is 0 Å². The standard InChI is InChI=1S/C40H46ClNO9/c1-19-8-11-25-14-15-39(7)38(50)42-37-32(41)36(49)30-27(40(25,37)51-39)17-24(6)35(48)31(30)34(47)23(5)16-22(4)33(46)21(3)10-13-26(43)12-9-20(2)29(45)18-28(19)44/h8-11,13-17,19,21-22,25-26,28,33,43-44,46,48H,12,18H2,1-7H3,(H,42,50)/b11-8+,13-10+,20-9+,23-16-/t19-,21+,22+,25-,26+,28+,33+,39+,40+/m1/s1. The first-order valence-corrected chi connectivity index (χ1v) is 17.6. The number of rotatable bonds is 0. The van der Waals surface area contributed by atoms with Gasteiger partial charge in [-0.25, -0.2) is 0 Å². The van der Waals surface area contributed by atoms with E-state index in [2.05, 4.69) is 5.32 Å². The van der Waals surface area contributed by atoms with Crippen molar-refractivity contribution in [2.45, 2.75) is 90.8 Å². The Kier molecular flexibility index (Phi) is 10.7. The summed E-state index contributed by atoms with van der Waals surface area (Å²) in [6.07, 6.45) is 10.2. The zero-order valence-corrected chi connectivity index (χ0v) is 30.6. The number of allylic oxidation sites excluding steroid dienone is 3. The van der Waals surface area contributed by atoms with Gasteiger partial charge in [-0.1, -0.05) is 74.9 Å². The molecule has 9 atom stereocenters. The first kappa shape index (κ1) is 38.3. The van der Waals surface area contributed by atoms with E-state index >= 15 is 0 Å². The summed E-state index contributed by atoms with van der Waals surface area (Å²) < 4.78 is 6.69. The van der Waals surface area contributed by atoms with Gasteiger partial charge in [-0.2, -0.15) is 0 Å². The molecule has 272 valence electrons. The molecule has 1 aromatic carbocycles. The van der Waals surface area contributed by atoms with Crippen molar-refractivity contribution in [2.24, 2.45) is 23.7 Å². The summed E-state index contributed by atoms with van der Waals surface area (Å²) in [5.41, 5.74) is -2.55. The summed E-state index contributed by atoms with van der Waals surface area (Å²) in [6.45, 7) is 11.5. The van der Waals surface area contributed by atoms with Gasteiger partial charge in [0.1, 0.15) is 16.4 Å². The summed E-state index contributed by atoms with van der Waals surface area (Å²) >= 11 is 6.79. The van der Waals surface area contributed by atoms with Crippen LogP contribution in [0.15, 0.2) is 76.6 Å². The molecule has 11 heteroatoms. The van der Waals surface area contributed by atoms with Gasteiger partial charge < -0.3 is 30.5 Å². The Hall–Kier alpha value is -3.93. The molecular weight excluding hydrogens is 674 g/mol. The first-order chi connectivity index (χ1) is 23.8. The number of ether oxygens (including phenoxy) is 1. The zero-order valence-electron chi connectivity index (χ0n) is 29.9. The second-order valence-electron chi connectivity index (χ2n) is 14.5. The lowest BCUT2D eigenvalue weighted by Crippen LogP contribution is -2.64. The molecule has 1 aromatic rings. The summed E-state index contributed by atoms with van der Waals surface area (Å²) in [5.74, 6) is -5.00. The van der Waals surface area contributed by atoms with E-state index in [1.54, 1.807) is 90.1 Å². The highest BCUT2D eigenvalue weighted by molar-refractivity contribution is 6.47. The number of aryl methyl sites for hydroxylation is 1. The van der Waals surface area contributed by atoms with Crippen LogP contribution >= 0.6 is 11.6 Å². The van der Waals surface area contributed by atoms with Crippen molar-refractivity contribution in [2.75, 3.05) is 0 Å². The number of hydrogen-bond donors (Lipinski definition) is 5. The third kappa shape index (κ3) is 6.76. The van der Waals surface area contributed by atoms with Crippen LogP contribution in [-0.2, 0) is 19.9 Å². The molecule has 2 aliphatic carbocycles. The second kappa shape index (κ2) is 14.2. The van der Waals surface area contributed by atoms with E-state index in [-0.39, 0.29) is 57.2 Å². The first-order valence-electron chi connectivity index (χ1n) is 17.2. The number of morpholine rings is 1. The van der Waals surface area contributed by atoms with Crippen LogP contribution in [0.2, 0.25) is 0 Å². The van der Waals surface area contributed by atoms with Gasteiger partial charge in [0, 0.05) is 41.2 Å². The summed E-state index contributed by atoms with van der Waals surface area (Å²) in [4.78, 5) is 54.8. The Bertz CT molecular complexity index is 1870. The molecule has 0 saturated carbocycles. The predicted molar refractivity (Wildman–Crippen MR) is 192 cm³/mol. The fraction of sp³-hybridized carbons (Fsp3) is 0.450. The van der Waals surface area contributed by atoms with E-state index in [0.29, 0.717) is 5.57 Å². The molecule has 51 heavy (non-hydrogen) atoms. The number of Topliss-reactive ketones (excluding diaryl/α,β-unsaturated/α-hetero) is 3. The Morgan fingerprint density at radius 3 is 2.22 bits per heavy atom. The molecule has 5 rings (SSSR count). The number of phenols is 1. The van der Waals surface area contributed by atoms with E-state index in [1.807, 2.05) is 0 Å². The summed E-state index contributed by atoms with van der Waals surface area (Å²) in [5, 5.41) is 46.6. The van der Waals surface area contributed by atoms with Gasteiger partial charge in [0.15, 0.2) is 17.2 Å². The minimum Gasteiger partial charge on any atom is -0.507 e. The predicted octanol–water partition coefficient (Wildman–Crippen LogP) is 5.18. The molecule has 0 aromatic heterocycles.